The van der Waals surface area contributed by atoms with Gasteiger partial charge in [-0.3, -0.25) is 0 Å². The van der Waals surface area contributed by atoms with Gasteiger partial charge in [0, 0.05) is 0 Å². The van der Waals surface area contributed by atoms with Gasteiger partial charge >= 0.3 is 270 Å². The van der Waals surface area contributed by atoms with E-state index in [-0.39, 0.29) is 35.6 Å². The van der Waals surface area contributed by atoms with E-state index in [2.05, 4.69) is 154 Å². The molecule has 0 saturated heterocycles. The van der Waals surface area contributed by atoms with Gasteiger partial charge in [0.05, 0.1) is 0 Å². The maximum absolute atomic E-state index is 2.69. The Bertz CT molecular complexity index is 1960. The summed E-state index contributed by atoms with van der Waals surface area (Å²) in [5.41, 5.74) is 19.7. The molecule has 0 aromatic heterocycles. The molecule has 0 saturated carbocycles. The molecule has 48 heavy (non-hydrogen) atoms. The van der Waals surface area contributed by atoms with Gasteiger partial charge in [0.2, 0.25) is 0 Å². The van der Waals surface area contributed by atoms with Crippen molar-refractivity contribution in [1.29, 1.82) is 0 Å². The third-order valence-corrected chi connectivity index (χ3v) is 16.2. The smallest absolute Gasteiger partial charge is 1.00 e. The van der Waals surface area contributed by atoms with E-state index in [4.69, 9.17) is 0 Å². The van der Waals surface area contributed by atoms with Crippen molar-refractivity contribution < 1.29 is 49.5 Å². The molecule has 0 fully saturated rings. The van der Waals surface area contributed by atoms with E-state index in [0.29, 0.717) is 15.5 Å². The molecule has 2 atom stereocenters. The molecule has 0 N–H and O–H groups in total. The van der Waals surface area contributed by atoms with Gasteiger partial charge in [0.25, 0.3) is 0 Å². The number of fused-ring (bicyclic) bond motifs is 2. The van der Waals surface area contributed by atoms with Gasteiger partial charge in [-0.1, -0.05) is 20.8 Å². The molecule has 7 rings (SSSR count). The van der Waals surface area contributed by atoms with Crippen molar-refractivity contribution in [3.05, 3.63) is 123 Å². The number of rotatable bonds is 4. The van der Waals surface area contributed by atoms with Crippen LogP contribution in [0.4, 0.5) is 0 Å². The van der Waals surface area contributed by atoms with E-state index < -0.39 is 8.07 Å². The molecule has 1 heterocycles. The zero-order valence-electron chi connectivity index (χ0n) is 30.5. The Morgan fingerprint density at radius 2 is 1.23 bits per heavy atom. The van der Waals surface area contributed by atoms with Gasteiger partial charge in [0.15, 0.2) is 0 Å². The summed E-state index contributed by atoms with van der Waals surface area (Å²) in [4.78, 5) is 0. The summed E-state index contributed by atoms with van der Waals surface area (Å²) in [5.74, 6) is 0.882. The van der Waals surface area contributed by atoms with Crippen LogP contribution in [0.2, 0.25) is 13.1 Å². The Morgan fingerprint density at radius 3 is 1.75 bits per heavy atom. The average Bonchev–Trinajstić information content (AvgIpc) is 3.54. The van der Waals surface area contributed by atoms with E-state index in [9.17, 15) is 0 Å². The Morgan fingerprint density at radius 1 is 0.688 bits per heavy atom. The van der Waals surface area contributed by atoms with Crippen molar-refractivity contribution in [2.45, 2.75) is 95.8 Å². The van der Waals surface area contributed by atoms with E-state index in [1.165, 1.54) is 44.5 Å². The van der Waals surface area contributed by atoms with Crippen LogP contribution in [0.25, 0.3) is 33.5 Å². The second-order valence-electron chi connectivity index (χ2n) is 17.0. The molecule has 2 bridgehead atoms. The molecule has 4 aromatic carbocycles. The standard InChI is InChI=1S/C44H49Si.2ClH.Zr/c1-26(2)35-24-30-25-37(42-39(40(30)41(35)45(42,10)11)29-17-21-32(22-18-29)44(7,8)9)38-27(3)23-36-33(13-12-14-34(36)38)28-15-19-31(20-16-28)43(4,5)6;;;/h12-26,38H,1-11H3;2*1H;/q;;;+2/p-2. The second kappa shape index (κ2) is 12.7. The fourth-order valence-corrected chi connectivity index (χ4v) is 15.0. The second-order valence-corrected chi connectivity index (χ2v) is 22.7. The monoisotopic (exact) mass is 765 g/mol. The van der Waals surface area contributed by atoms with Gasteiger partial charge in [-0.25, -0.2) is 0 Å². The summed E-state index contributed by atoms with van der Waals surface area (Å²) in [6.45, 7) is 26.4. The van der Waals surface area contributed by atoms with Crippen molar-refractivity contribution in [2.75, 3.05) is 0 Å². The van der Waals surface area contributed by atoms with Crippen molar-refractivity contribution in [2.24, 2.45) is 5.92 Å². The molecule has 0 amide bonds. The van der Waals surface area contributed by atoms with E-state index in [1.54, 1.807) is 62.9 Å². The zero-order valence-corrected chi connectivity index (χ0v) is 35.5. The van der Waals surface area contributed by atoms with Crippen LogP contribution in [0.3, 0.4) is 0 Å². The molecule has 0 nitrogen and oxygen atoms in total. The number of hydrogen-bond donors (Lipinski definition) is 0. The Kier molecular flexibility index (Phi) is 9.84. The van der Waals surface area contributed by atoms with Crippen LogP contribution >= 0.6 is 0 Å². The Labute approximate surface area is 318 Å². The first-order chi connectivity index (χ1) is 21.5. The van der Waals surface area contributed by atoms with Gasteiger partial charge in [-0.15, -0.1) is 0 Å². The third kappa shape index (κ3) is 5.66. The first-order valence-corrected chi connectivity index (χ1v) is 21.6. The Balaban J connectivity index is 0.00000225. The number of benzene rings is 4. The fourth-order valence-electron chi connectivity index (χ4n) is 8.79. The molecule has 0 radical (unpaired) electrons. The van der Waals surface area contributed by atoms with Crippen molar-refractivity contribution in [3.8, 4) is 22.3 Å². The molecule has 3 aliphatic rings. The summed E-state index contributed by atoms with van der Waals surface area (Å²) in [6.07, 6.45) is 2.51. The van der Waals surface area contributed by atoms with Crippen molar-refractivity contribution >= 4 is 24.5 Å². The minimum atomic E-state index is -1.98. The average molecular weight is 768 g/mol. The van der Waals surface area contributed by atoms with Crippen LogP contribution in [-0.2, 0) is 35.5 Å². The summed E-state index contributed by atoms with van der Waals surface area (Å²) < 4.78 is 0.558. The van der Waals surface area contributed by atoms with Gasteiger partial charge in [0.1, 0.15) is 0 Å². The van der Waals surface area contributed by atoms with Crippen LogP contribution in [0.15, 0.2) is 83.9 Å². The first-order valence-electron chi connectivity index (χ1n) is 17.2. The van der Waals surface area contributed by atoms with Gasteiger partial charge in [-0.05, 0) is 5.41 Å². The molecule has 2 aliphatic carbocycles. The molecule has 247 valence electrons. The zero-order chi connectivity index (χ0) is 33.1. The van der Waals surface area contributed by atoms with Crippen LogP contribution in [-0.4, -0.2) is 8.07 Å². The van der Waals surface area contributed by atoms with E-state index >= 15 is 0 Å². The summed E-state index contributed by atoms with van der Waals surface area (Å²) in [7, 11) is -1.98. The third-order valence-electron chi connectivity index (χ3n) is 11.1. The number of halogens is 2. The number of hydrogen-bond acceptors (Lipinski definition) is 0. The molecule has 4 heteroatoms. The molecule has 0 spiro atoms. The first kappa shape index (κ1) is 37.3. The summed E-state index contributed by atoms with van der Waals surface area (Å²) in [6, 6.07) is 28.7. The quantitative estimate of drug-likeness (QED) is 0.236. The van der Waals surface area contributed by atoms with Crippen molar-refractivity contribution in [1.82, 2.24) is 0 Å². The SMILES string of the molecule is CC1=Cc2c(-c3ccc(C(C)(C)C)cc3)cccc2C1c1cc2c3c(-c4ccc(C(C)(C)C)cc4)c1[Si](C)(C)C3=C(C(C)C)[CH]2[Zr+2].[Cl-].[Cl-]. The molecule has 1 aliphatic heterocycles. The van der Waals surface area contributed by atoms with Crippen molar-refractivity contribution in [3.63, 3.8) is 0 Å². The molecular weight excluding hydrogens is 719 g/mol. The van der Waals surface area contributed by atoms with Crippen LogP contribution in [0, 0.1) is 5.92 Å². The largest absolute Gasteiger partial charge is 1.00 e. The van der Waals surface area contributed by atoms with Gasteiger partial charge in [-0.2, -0.15) is 0 Å². The van der Waals surface area contributed by atoms with E-state index in [0.717, 1.165) is 0 Å². The Hall–Kier alpha value is -1.96. The maximum Gasteiger partial charge on any atom is -1.00 e. The minimum absolute atomic E-state index is 0. The van der Waals surface area contributed by atoms with Crippen LogP contribution in [0.1, 0.15) is 111 Å². The molecule has 2 unspecified atom stereocenters. The predicted molar refractivity (Wildman–Crippen MR) is 198 cm³/mol. The molecule has 4 aromatic rings. The molecular formula is C44H49Cl2SiZr. The van der Waals surface area contributed by atoms with Crippen LogP contribution < -0.4 is 30.0 Å². The minimum Gasteiger partial charge on any atom is -1.00 e. The normalized spacial score (nSPS) is 18.9. The maximum atomic E-state index is 2.69. The van der Waals surface area contributed by atoms with E-state index in [1.807, 2.05) is 0 Å². The number of allylic oxidation sites excluding steroid dienone is 2. The topological polar surface area (TPSA) is 0 Å². The fraction of sp³-hybridized carbons (Fsp3) is 0.364. The summed E-state index contributed by atoms with van der Waals surface area (Å²) in [5, 5.41) is 3.46. The predicted octanol–water partition coefficient (Wildman–Crippen LogP) is 5.65. The summed E-state index contributed by atoms with van der Waals surface area (Å²) >= 11 is 1.63. The van der Waals surface area contributed by atoms with Crippen LogP contribution in [0.5, 0.6) is 0 Å². The van der Waals surface area contributed by atoms with Gasteiger partial charge < -0.3 is 24.8 Å².